The first-order valence-corrected chi connectivity index (χ1v) is 7.12. The van der Waals surface area contributed by atoms with Crippen LogP contribution in [-0.4, -0.2) is 19.1 Å². The Balaban J connectivity index is 1.92. The van der Waals surface area contributed by atoms with Crippen LogP contribution < -0.4 is 14.8 Å². The number of alkyl halides is 2. The van der Waals surface area contributed by atoms with E-state index in [1.807, 2.05) is 0 Å². The summed E-state index contributed by atoms with van der Waals surface area (Å²) in [4.78, 5) is 11.8. The number of carbonyl (C=O) groups excluding carboxylic acids is 1. The molecule has 8 heteroatoms. The third kappa shape index (κ3) is 5.58. The highest BCUT2D eigenvalue weighted by Gasteiger charge is 2.09. The van der Waals surface area contributed by atoms with Crippen molar-refractivity contribution in [2.24, 2.45) is 0 Å². The number of anilines is 1. The lowest BCUT2D eigenvalue weighted by Crippen LogP contribution is -2.20. The summed E-state index contributed by atoms with van der Waals surface area (Å²) in [7, 11) is 0. The molecule has 0 saturated carbocycles. The number of hydrogen-bond donors (Lipinski definition) is 1. The minimum Gasteiger partial charge on any atom is -0.482 e. The van der Waals surface area contributed by atoms with E-state index in [1.165, 1.54) is 36.4 Å². The lowest BCUT2D eigenvalue weighted by molar-refractivity contribution is -0.118. The second-order valence-electron chi connectivity index (χ2n) is 4.32. The van der Waals surface area contributed by atoms with Crippen LogP contribution in [0.25, 0.3) is 0 Å². The molecule has 122 valence electrons. The Bertz CT molecular complexity index is 698. The molecule has 0 spiro atoms. The molecule has 2 aromatic carbocycles. The zero-order valence-corrected chi connectivity index (χ0v) is 13.1. The standard InChI is InChI=1S/C15H11Cl2F2NO3/c16-9-4-5-13(12(17)6-9)22-8-14(21)20-10-2-1-3-11(7-10)23-15(18)19/h1-7,15H,8H2,(H,20,21). The Hall–Kier alpha value is -2.05. The maximum Gasteiger partial charge on any atom is 0.387 e. The van der Waals surface area contributed by atoms with Crippen molar-refractivity contribution < 1.29 is 23.0 Å². The van der Waals surface area contributed by atoms with E-state index in [0.717, 1.165) is 0 Å². The van der Waals surface area contributed by atoms with Crippen LogP contribution in [0.2, 0.25) is 10.0 Å². The first-order valence-electron chi connectivity index (χ1n) is 6.36. The average molecular weight is 362 g/mol. The summed E-state index contributed by atoms with van der Waals surface area (Å²) in [6, 6.07) is 10.2. The topological polar surface area (TPSA) is 47.6 Å². The minimum atomic E-state index is -2.93. The molecule has 0 fully saturated rings. The van der Waals surface area contributed by atoms with E-state index in [1.54, 1.807) is 6.07 Å². The van der Waals surface area contributed by atoms with Gasteiger partial charge in [-0.25, -0.2) is 0 Å². The van der Waals surface area contributed by atoms with E-state index in [0.29, 0.717) is 16.5 Å². The second-order valence-corrected chi connectivity index (χ2v) is 5.16. The smallest absolute Gasteiger partial charge is 0.387 e. The van der Waals surface area contributed by atoms with Crippen LogP contribution in [0.15, 0.2) is 42.5 Å². The van der Waals surface area contributed by atoms with Gasteiger partial charge in [0.1, 0.15) is 11.5 Å². The maximum absolute atomic E-state index is 12.1. The van der Waals surface area contributed by atoms with Crippen molar-refractivity contribution in [3.05, 3.63) is 52.5 Å². The first-order chi connectivity index (χ1) is 10.9. The fourth-order valence-electron chi connectivity index (χ4n) is 1.68. The molecule has 1 amide bonds. The van der Waals surface area contributed by atoms with Crippen molar-refractivity contribution in [1.82, 2.24) is 0 Å². The van der Waals surface area contributed by atoms with E-state index in [4.69, 9.17) is 27.9 Å². The van der Waals surface area contributed by atoms with Crippen LogP contribution in [0.4, 0.5) is 14.5 Å². The van der Waals surface area contributed by atoms with Gasteiger partial charge >= 0.3 is 6.61 Å². The number of carbonyl (C=O) groups is 1. The zero-order chi connectivity index (χ0) is 16.8. The van der Waals surface area contributed by atoms with E-state index in [9.17, 15) is 13.6 Å². The second kappa shape index (κ2) is 7.99. The summed E-state index contributed by atoms with van der Waals surface area (Å²) < 4.78 is 33.8. The van der Waals surface area contributed by atoms with Gasteiger partial charge in [0.2, 0.25) is 0 Å². The molecule has 0 aliphatic carbocycles. The van der Waals surface area contributed by atoms with Gasteiger partial charge in [0.05, 0.1) is 5.02 Å². The predicted molar refractivity (Wildman–Crippen MR) is 83.7 cm³/mol. The van der Waals surface area contributed by atoms with Gasteiger partial charge in [0.15, 0.2) is 6.61 Å². The largest absolute Gasteiger partial charge is 0.482 e. The summed E-state index contributed by atoms with van der Waals surface area (Å²) in [6.07, 6.45) is 0. The van der Waals surface area contributed by atoms with Crippen molar-refractivity contribution in [2.45, 2.75) is 6.61 Å². The van der Waals surface area contributed by atoms with Gasteiger partial charge in [0, 0.05) is 16.8 Å². The number of rotatable bonds is 6. The fraction of sp³-hybridized carbons (Fsp3) is 0.133. The molecule has 0 aliphatic rings. The van der Waals surface area contributed by atoms with Crippen LogP contribution in [0.5, 0.6) is 11.5 Å². The van der Waals surface area contributed by atoms with Crippen molar-refractivity contribution >= 4 is 34.8 Å². The monoisotopic (exact) mass is 361 g/mol. The Kier molecular flexibility index (Phi) is 6.01. The maximum atomic E-state index is 12.1. The summed E-state index contributed by atoms with van der Waals surface area (Å²) in [6.45, 7) is -3.24. The molecule has 0 radical (unpaired) electrons. The van der Waals surface area contributed by atoms with E-state index < -0.39 is 12.5 Å². The Morgan fingerprint density at radius 2 is 1.96 bits per heavy atom. The number of halogens is 4. The van der Waals surface area contributed by atoms with Crippen molar-refractivity contribution in [3.8, 4) is 11.5 Å². The summed E-state index contributed by atoms with van der Waals surface area (Å²) in [5, 5.41) is 3.22. The molecular formula is C15H11Cl2F2NO3. The predicted octanol–water partition coefficient (Wildman–Crippen LogP) is 4.61. The van der Waals surface area contributed by atoms with Gasteiger partial charge in [-0.1, -0.05) is 29.3 Å². The highest BCUT2D eigenvalue weighted by molar-refractivity contribution is 6.35. The lowest BCUT2D eigenvalue weighted by Gasteiger charge is -2.10. The number of benzene rings is 2. The molecule has 0 heterocycles. The highest BCUT2D eigenvalue weighted by atomic mass is 35.5. The number of nitrogens with one attached hydrogen (secondary N) is 1. The van der Waals surface area contributed by atoms with Crippen molar-refractivity contribution in [1.29, 1.82) is 0 Å². The summed E-state index contributed by atoms with van der Waals surface area (Å²) in [5.74, 6) is -0.231. The Morgan fingerprint density at radius 3 is 2.65 bits per heavy atom. The summed E-state index contributed by atoms with van der Waals surface area (Å²) in [5.41, 5.74) is 0.305. The van der Waals surface area contributed by atoms with Gasteiger partial charge in [-0.15, -0.1) is 0 Å². The third-order valence-electron chi connectivity index (χ3n) is 2.60. The third-order valence-corrected chi connectivity index (χ3v) is 3.13. The van der Waals surface area contributed by atoms with E-state index in [-0.39, 0.29) is 17.4 Å². The molecule has 0 aliphatic heterocycles. The number of ether oxygens (including phenoxy) is 2. The van der Waals surface area contributed by atoms with Crippen LogP contribution >= 0.6 is 23.2 Å². The zero-order valence-electron chi connectivity index (χ0n) is 11.6. The Morgan fingerprint density at radius 1 is 1.17 bits per heavy atom. The normalized spacial score (nSPS) is 10.5. The lowest BCUT2D eigenvalue weighted by atomic mass is 10.3. The highest BCUT2D eigenvalue weighted by Crippen LogP contribution is 2.27. The van der Waals surface area contributed by atoms with Gasteiger partial charge in [0.25, 0.3) is 5.91 Å². The van der Waals surface area contributed by atoms with Gasteiger partial charge in [-0.3, -0.25) is 4.79 Å². The molecule has 0 atom stereocenters. The van der Waals surface area contributed by atoms with Gasteiger partial charge in [-0.05, 0) is 30.3 Å². The fourth-order valence-corrected chi connectivity index (χ4v) is 2.15. The van der Waals surface area contributed by atoms with Crippen LogP contribution in [0.1, 0.15) is 0 Å². The van der Waals surface area contributed by atoms with E-state index in [2.05, 4.69) is 10.1 Å². The molecule has 0 unspecified atom stereocenters. The van der Waals surface area contributed by atoms with Crippen molar-refractivity contribution in [3.63, 3.8) is 0 Å². The van der Waals surface area contributed by atoms with Crippen LogP contribution in [-0.2, 0) is 4.79 Å². The first kappa shape index (κ1) is 17.3. The van der Waals surface area contributed by atoms with E-state index >= 15 is 0 Å². The van der Waals surface area contributed by atoms with Crippen molar-refractivity contribution in [2.75, 3.05) is 11.9 Å². The SMILES string of the molecule is O=C(COc1ccc(Cl)cc1Cl)Nc1cccc(OC(F)F)c1. The molecule has 2 rings (SSSR count). The quantitative estimate of drug-likeness (QED) is 0.816. The van der Waals surface area contributed by atoms with Crippen LogP contribution in [0.3, 0.4) is 0 Å². The number of hydrogen-bond acceptors (Lipinski definition) is 3. The Labute approximate surface area is 140 Å². The average Bonchev–Trinajstić information content (AvgIpc) is 2.46. The molecule has 23 heavy (non-hydrogen) atoms. The molecule has 0 saturated heterocycles. The van der Waals surface area contributed by atoms with Crippen LogP contribution in [0, 0.1) is 0 Å². The molecule has 2 aromatic rings. The molecule has 0 aromatic heterocycles. The number of amides is 1. The molecule has 1 N–H and O–H groups in total. The molecule has 4 nitrogen and oxygen atoms in total. The van der Waals surface area contributed by atoms with Gasteiger partial charge < -0.3 is 14.8 Å². The van der Waals surface area contributed by atoms with Gasteiger partial charge in [-0.2, -0.15) is 8.78 Å². The molecular weight excluding hydrogens is 351 g/mol. The minimum absolute atomic E-state index is 0.0561. The molecule has 0 bridgehead atoms. The summed E-state index contributed by atoms with van der Waals surface area (Å²) >= 11 is 11.7.